The van der Waals surface area contributed by atoms with Crippen molar-refractivity contribution in [3.05, 3.63) is 11.1 Å². The molecule has 18 heavy (non-hydrogen) atoms. The third-order valence-corrected chi connectivity index (χ3v) is 3.59. The van der Waals surface area contributed by atoms with Crippen LogP contribution in [-0.2, 0) is 4.79 Å². The highest BCUT2D eigenvalue weighted by atomic mass is 16.1. The number of carbonyl (C=O) groups excluding carboxylic acids is 1. The Kier molecular flexibility index (Phi) is 10.8. The van der Waals surface area contributed by atoms with E-state index in [0.29, 0.717) is 0 Å². The molecule has 1 amide bonds. The lowest BCUT2D eigenvalue weighted by atomic mass is 9.96. The van der Waals surface area contributed by atoms with Gasteiger partial charge < -0.3 is 5.73 Å². The SMILES string of the molecule is CCCCCCCCCC(CC)=C(CC)C(N)=O. The van der Waals surface area contributed by atoms with Gasteiger partial charge in [-0.05, 0) is 25.7 Å². The van der Waals surface area contributed by atoms with E-state index in [1.165, 1.54) is 50.5 Å². The van der Waals surface area contributed by atoms with Crippen LogP contribution in [0.2, 0.25) is 0 Å². The molecule has 0 bridgehead atoms. The maximum Gasteiger partial charge on any atom is 0.244 e. The maximum absolute atomic E-state index is 11.3. The monoisotopic (exact) mass is 253 g/mol. The van der Waals surface area contributed by atoms with Gasteiger partial charge in [0.25, 0.3) is 0 Å². The highest BCUT2D eigenvalue weighted by Crippen LogP contribution is 2.19. The van der Waals surface area contributed by atoms with Gasteiger partial charge in [0.05, 0.1) is 0 Å². The second-order valence-corrected chi connectivity index (χ2v) is 5.02. The predicted molar refractivity (Wildman–Crippen MR) is 79.4 cm³/mol. The van der Waals surface area contributed by atoms with Crippen LogP contribution in [0.25, 0.3) is 0 Å². The lowest BCUT2D eigenvalue weighted by molar-refractivity contribution is -0.114. The molecule has 0 saturated carbocycles. The molecule has 2 heteroatoms. The smallest absolute Gasteiger partial charge is 0.244 e. The molecule has 0 aliphatic carbocycles. The van der Waals surface area contributed by atoms with Gasteiger partial charge in [-0.1, -0.05) is 64.9 Å². The first-order valence-corrected chi connectivity index (χ1v) is 7.67. The van der Waals surface area contributed by atoms with Gasteiger partial charge in [-0.2, -0.15) is 0 Å². The van der Waals surface area contributed by atoms with Crippen LogP contribution in [0.3, 0.4) is 0 Å². The Morgan fingerprint density at radius 3 is 1.83 bits per heavy atom. The number of rotatable bonds is 11. The van der Waals surface area contributed by atoms with Gasteiger partial charge in [0, 0.05) is 5.57 Å². The van der Waals surface area contributed by atoms with Crippen LogP contribution in [0.5, 0.6) is 0 Å². The van der Waals surface area contributed by atoms with Crippen molar-refractivity contribution in [2.24, 2.45) is 5.73 Å². The van der Waals surface area contributed by atoms with Crippen LogP contribution in [0.1, 0.15) is 85.0 Å². The molecule has 0 atom stereocenters. The zero-order chi connectivity index (χ0) is 13.8. The molecule has 0 fully saturated rings. The second-order valence-electron chi connectivity index (χ2n) is 5.02. The third-order valence-electron chi connectivity index (χ3n) is 3.59. The van der Waals surface area contributed by atoms with E-state index in [0.717, 1.165) is 24.8 Å². The summed E-state index contributed by atoms with van der Waals surface area (Å²) < 4.78 is 0. The van der Waals surface area contributed by atoms with E-state index in [1.54, 1.807) is 0 Å². The third kappa shape index (κ3) is 7.52. The summed E-state index contributed by atoms with van der Waals surface area (Å²) in [6.45, 7) is 6.38. The number of allylic oxidation sites excluding steroid dienone is 1. The fraction of sp³-hybridized carbons (Fsp3) is 0.812. The lowest BCUT2D eigenvalue weighted by Crippen LogP contribution is -2.15. The van der Waals surface area contributed by atoms with Gasteiger partial charge in [-0.3, -0.25) is 4.79 Å². The zero-order valence-corrected chi connectivity index (χ0v) is 12.6. The van der Waals surface area contributed by atoms with Crippen molar-refractivity contribution < 1.29 is 4.79 Å². The summed E-state index contributed by atoms with van der Waals surface area (Å²) in [7, 11) is 0. The van der Waals surface area contributed by atoms with E-state index >= 15 is 0 Å². The topological polar surface area (TPSA) is 43.1 Å². The highest BCUT2D eigenvalue weighted by molar-refractivity contribution is 5.92. The van der Waals surface area contributed by atoms with Crippen molar-refractivity contribution in [1.82, 2.24) is 0 Å². The Morgan fingerprint density at radius 2 is 1.39 bits per heavy atom. The van der Waals surface area contributed by atoms with E-state index < -0.39 is 0 Å². The van der Waals surface area contributed by atoms with E-state index in [4.69, 9.17) is 5.73 Å². The predicted octanol–water partition coefficient (Wildman–Crippen LogP) is 4.73. The molecular formula is C16H31NO. The zero-order valence-electron chi connectivity index (χ0n) is 12.6. The molecule has 0 radical (unpaired) electrons. The summed E-state index contributed by atoms with van der Waals surface area (Å²) in [5.41, 5.74) is 7.55. The van der Waals surface area contributed by atoms with Gasteiger partial charge in [-0.15, -0.1) is 0 Å². The summed E-state index contributed by atoms with van der Waals surface area (Å²) in [5, 5.41) is 0. The molecular weight excluding hydrogens is 222 g/mol. The largest absolute Gasteiger partial charge is 0.366 e. The molecule has 0 aliphatic rings. The van der Waals surface area contributed by atoms with Crippen molar-refractivity contribution in [2.75, 3.05) is 0 Å². The van der Waals surface area contributed by atoms with Crippen LogP contribution in [-0.4, -0.2) is 5.91 Å². The number of hydrogen-bond acceptors (Lipinski definition) is 1. The maximum atomic E-state index is 11.3. The molecule has 0 aromatic heterocycles. The molecule has 0 heterocycles. The van der Waals surface area contributed by atoms with Crippen molar-refractivity contribution >= 4 is 5.91 Å². The van der Waals surface area contributed by atoms with Crippen LogP contribution >= 0.6 is 0 Å². The van der Waals surface area contributed by atoms with Gasteiger partial charge >= 0.3 is 0 Å². The van der Waals surface area contributed by atoms with E-state index in [1.807, 2.05) is 6.92 Å². The molecule has 2 N–H and O–H groups in total. The summed E-state index contributed by atoms with van der Waals surface area (Å²) in [5.74, 6) is -0.225. The number of amides is 1. The normalized spacial score (nSPS) is 12.4. The average molecular weight is 253 g/mol. The molecule has 0 rings (SSSR count). The van der Waals surface area contributed by atoms with Crippen molar-refractivity contribution in [2.45, 2.75) is 85.0 Å². The van der Waals surface area contributed by atoms with Gasteiger partial charge in [0.15, 0.2) is 0 Å². The quantitative estimate of drug-likeness (QED) is 0.420. The summed E-state index contributed by atoms with van der Waals surface area (Å²) in [6, 6.07) is 0. The van der Waals surface area contributed by atoms with Crippen molar-refractivity contribution in [1.29, 1.82) is 0 Å². The van der Waals surface area contributed by atoms with Gasteiger partial charge in [0.2, 0.25) is 5.91 Å². The first-order chi connectivity index (χ1) is 8.67. The lowest BCUT2D eigenvalue weighted by Gasteiger charge is -2.10. The number of primary amides is 1. The minimum atomic E-state index is -0.225. The summed E-state index contributed by atoms with van der Waals surface area (Å²) in [6.07, 6.45) is 12.0. The minimum absolute atomic E-state index is 0.225. The Morgan fingerprint density at radius 1 is 0.833 bits per heavy atom. The molecule has 0 aliphatic heterocycles. The molecule has 0 spiro atoms. The van der Waals surface area contributed by atoms with Crippen molar-refractivity contribution in [3.63, 3.8) is 0 Å². The van der Waals surface area contributed by atoms with Gasteiger partial charge in [-0.25, -0.2) is 0 Å². The van der Waals surface area contributed by atoms with Crippen LogP contribution < -0.4 is 5.73 Å². The molecule has 0 aromatic carbocycles. The number of carbonyl (C=O) groups is 1. The summed E-state index contributed by atoms with van der Waals surface area (Å²) in [4.78, 5) is 11.3. The molecule has 0 unspecified atom stereocenters. The fourth-order valence-corrected chi connectivity index (χ4v) is 2.44. The first-order valence-electron chi connectivity index (χ1n) is 7.67. The molecule has 106 valence electrons. The van der Waals surface area contributed by atoms with Crippen LogP contribution in [0.4, 0.5) is 0 Å². The molecule has 2 nitrogen and oxygen atoms in total. The number of nitrogens with two attached hydrogens (primary N) is 1. The number of unbranched alkanes of at least 4 members (excludes halogenated alkanes) is 6. The van der Waals surface area contributed by atoms with Crippen molar-refractivity contribution in [3.8, 4) is 0 Å². The number of hydrogen-bond donors (Lipinski definition) is 1. The summed E-state index contributed by atoms with van der Waals surface area (Å²) >= 11 is 0. The van der Waals surface area contributed by atoms with E-state index in [9.17, 15) is 4.79 Å². The van der Waals surface area contributed by atoms with E-state index in [2.05, 4.69) is 13.8 Å². The minimum Gasteiger partial charge on any atom is -0.366 e. The Balaban J connectivity index is 3.90. The van der Waals surface area contributed by atoms with Crippen LogP contribution in [0, 0.1) is 0 Å². The first kappa shape index (κ1) is 17.2. The molecule has 0 saturated heterocycles. The average Bonchev–Trinajstić information content (AvgIpc) is 2.35. The Hall–Kier alpha value is -0.790. The van der Waals surface area contributed by atoms with Gasteiger partial charge in [0.1, 0.15) is 0 Å². The van der Waals surface area contributed by atoms with Crippen LogP contribution in [0.15, 0.2) is 11.1 Å². The second kappa shape index (κ2) is 11.3. The fourth-order valence-electron chi connectivity index (χ4n) is 2.44. The molecule has 0 aromatic rings. The van der Waals surface area contributed by atoms with E-state index in [-0.39, 0.29) is 5.91 Å². The highest BCUT2D eigenvalue weighted by Gasteiger charge is 2.08. The standard InChI is InChI=1S/C16H31NO/c1-4-7-8-9-10-11-12-13-14(5-2)15(6-3)16(17)18/h4-13H2,1-3H3,(H2,17,18). The Labute approximate surface area is 113 Å². The Bertz CT molecular complexity index is 256.